The minimum Gasteiger partial charge on any atom is -0.395 e. The Bertz CT molecular complexity index is 1330. The molecule has 4 rings (SSSR count). The molecule has 2 N–H and O–H groups in total. The first-order valence-corrected chi connectivity index (χ1v) is 12.2. The van der Waals surface area contributed by atoms with E-state index in [1.54, 1.807) is 0 Å². The summed E-state index contributed by atoms with van der Waals surface area (Å²) < 4.78 is 1.85. The van der Waals surface area contributed by atoms with Gasteiger partial charge in [-0.1, -0.05) is 55.8 Å². The van der Waals surface area contributed by atoms with Crippen LogP contribution in [-0.2, 0) is 19.5 Å². The number of aliphatic hydroxyl groups excluding tert-OH is 1. The van der Waals surface area contributed by atoms with Crippen molar-refractivity contribution in [1.29, 1.82) is 0 Å². The Morgan fingerprint density at radius 1 is 1.11 bits per heavy atom. The van der Waals surface area contributed by atoms with E-state index in [-0.39, 0.29) is 24.1 Å². The molecule has 0 saturated carbocycles. The lowest BCUT2D eigenvalue weighted by atomic mass is 10.00. The lowest BCUT2D eigenvalue weighted by molar-refractivity contribution is 0.105. The maximum Gasteiger partial charge on any atom is 0.252 e. The number of aromatic amines is 1. The van der Waals surface area contributed by atoms with Gasteiger partial charge in [-0.15, -0.1) is 5.10 Å². The molecule has 2 aromatic carbocycles. The fourth-order valence-electron chi connectivity index (χ4n) is 4.86. The van der Waals surface area contributed by atoms with Gasteiger partial charge in [-0.25, -0.2) is 4.68 Å². The molecule has 0 radical (unpaired) electrons. The lowest BCUT2D eigenvalue weighted by Crippen LogP contribution is -2.37. The van der Waals surface area contributed by atoms with Crippen molar-refractivity contribution in [3.8, 4) is 0 Å². The fourth-order valence-corrected chi connectivity index (χ4v) is 4.86. The second-order valence-electron chi connectivity index (χ2n) is 9.55. The monoisotopic (exact) mass is 474 g/mol. The molecule has 1 unspecified atom stereocenters. The Kier molecular flexibility index (Phi) is 7.73. The van der Waals surface area contributed by atoms with Gasteiger partial charge in [0.15, 0.2) is 5.82 Å². The van der Waals surface area contributed by atoms with Crippen molar-refractivity contribution >= 4 is 10.9 Å². The number of rotatable bonds is 10. The molecule has 2 aromatic heterocycles. The van der Waals surface area contributed by atoms with Crippen LogP contribution in [0.1, 0.15) is 48.0 Å². The number of H-pyrrole nitrogens is 1. The summed E-state index contributed by atoms with van der Waals surface area (Å²) in [6.07, 6.45) is 0.812. The first-order chi connectivity index (χ1) is 16.9. The Morgan fingerprint density at radius 3 is 2.60 bits per heavy atom. The zero-order valence-electron chi connectivity index (χ0n) is 20.9. The van der Waals surface area contributed by atoms with Gasteiger partial charge < -0.3 is 10.1 Å². The molecule has 0 amide bonds. The number of tetrazole rings is 1. The Hall–Kier alpha value is -3.36. The van der Waals surface area contributed by atoms with Crippen molar-refractivity contribution < 1.29 is 5.11 Å². The highest BCUT2D eigenvalue weighted by atomic mass is 16.3. The minimum atomic E-state index is -0.165. The molecule has 8 nitrogen and oxygen atoms in total. The third kappa shape index (κ3) is 5.66. The van der Waals surface area contributed by atoms with Gasteiger partial charge in [0.1, 0.15) is 0 Å². The SMILES string of the molecule is Cc1cc(C)c2[nH]c(=O)c(CN(CCO)C(c3nnnn3CCc3ccccc3)C(C)C)cc2c1. The predicted octanol–water partition coefficient (Wildman–Crippen LogP) is 3.57. The van der Waals surface area contributed by atoms with E-state index in [0.717, 1.165) is 34.3 Å². The van der Waals surface area contributed by atoms with Gasteiger partial charge in [0.05, 0.1) is 18.2 Å². The van der Waals surface area contributed by atoms with E-state index in [1.165, 1.54) is 5.56 Å². The van der Waals surface area contributed by atoms with Gasteiger partial charge in [0.2, 0.25) is 0 Å². The van der Waals surface area contributed by atoms with Gasteiger partial charge in [0.25, 0.3) is 5.56 Å². The van der Waals surface area contributed by atoms with E-state index in [1.807, 2.05) is 35.9 Å². The average molecular weight is 475 g/mol. The smallest absolute Gasteiger partial charge is 0.252 e. The molecule has 184 valence electrons. The summed E-state index contributed by atoms with van der Waals surface area (Å²) in [6, 6.07) is 16.2. The molecule has 8 heteroatoms. The highest BCUT2D eigenvalue weighted by molar-refractivity contribution is 5.82. The molecule has 2 heterocycles. The molecular formula is C27H34N6O2. The van der Waals surface area contributed by atoms with Gasteiger partial charge in [-0.2, -0.15) is 0 Å². The second-order valence-corrected chi connectivity index (χ2v) is 9.55. The van der Waals surface area contributed by atoms with Crippen molar-refractivity contribution in [1.82, 2.24) is 30.1 Å². The summed E-state index contributed by atoms with van der Waals surface area (Å²) in [5.41, 5.74) is 4.83. The molecule has 1 atom stereocenters. The normalized spacial score (nSPS) is 12.7. The van der Waals surface area contributed by atoms with E-state index in [0.29, 0.717) is 25.2 Å². The standard InChI is InChI=1S/C27H34N6O2/c1-18(2)25(26-29-30-31-33(26)11-10-21-8-6-5-7-9-21)32(12-13-34)17-23-16-22-15-19(3)14-20(4)24(22)28-27(23)35/h5-9,14-16,18,25,34H,10-13,17H2,1-4H3,(H,28,35). The number of aliphatic hydroxyl groups is 1. The van der Waals surface area contributed by atoms with Gasteiger partial charge in [-0.3, -0.25) is 9.69 Å². The average Bonchev–Trinajstić information content (AvgIpc) is 3.27. The van der Waals surface area contributed by atoms with Gasteiger partial charge >= 0.3 is 0 Å². The molecule has 0 bridgehead atoms. The molecule has 4 aromatic rings. The number of fused-ring (bicyclic) bond motifs is 1. The summed E-state index contributed by atoms with van der Waals surface area (Å²) >= 11 is 0. The van der Waals surface area contributed by atoms with Crippen molar-refractivity contribution in [2.75, 3.05) is 13.2 Å². The van der Waals surface area contributed by atoms with Crippen LogP contribution in [0.25, 0.3) is 10.9 Å². The third-order valence-corrected chi connectivity index (χ3v) is 6.44. The van der Waals surface area contributed by atoms with Crippen LogP contribution < -0.4 is 5.56 Å². The van der Waals surface area contributed by atoms with Gasteiger partial charge in [-0.05, 0) is 65.3 Å². The predicted molar refractivity (Wildman–Crippen MR) is 137 cm³/mol. The second kappa shape index (κ2) is 10.9. The van der Waals surface area contributed by atoms with E-state index >= 15 is 0 Å². The number of pyridine rings is 1. The number of hydrogen-bond acceptors (Lipinski definition) is 6. The van der Waals surface area contributed by atoms with Crippen molar-refractivity contribution in [2.45, 2.75) is 53.2 Å². The minimum absolute atomic E-state index is 0.0293. The molecule has 0 saturated heterocycles. The van der Waals surface area contributed by atoms with Crippen LogP contribution in [0.2, 0.25) is 0 Å². The highest BCUT2D eigenvalue weighted by Crippen LogP contribution is 2.28. The molecule has 0 spiro atoms. The zero-order valence-corrected chi connectivity index (χ0v) is 20.9. The van der Waals surface area contributed by atoms with Crippen LogP contribution in [0.15, 0.2) is 53.3 Å². The van der Waals surface area contributed by atoms with Crippen molar-refractivity contribution in [2.24, 2.45) is 5.92 Å². The van der Waals surface area contributed by atoms with E-state index in [2.05, 4.69) is 70.4 Å². The van der Waals surface area contributed by atoms with Crippen LogP contribution in [0.3, 0.4) is 0 Å². The van der Waals surface area contributed by atoms with Crippen LogP contribution in [0, 0.1) is 19.8 Å². The van der Waals surface area contributed by atoms with E-state index < -0.39 is 0 Å². The molecular weight excluding hydrogens is 440 g/mol. The molecule has 0 fully saturated rings. The topological polar surface area (TPSA) is 99.9 Å². The van der Waals surface area contributed by atoms with Crippen LogP contribution in [0.4, 0.5) is 0 Å². The number of benzene rings is 2. The first-order valence-electron chi connectivity index (χ1n) is 12.2. The van der Waals surface area contributed by atoms with E-state index in [9.17, 15) is 9.90 Å². The molecule has 0 aliphatic rings. The maximum atomic E-state index is 13.0. The Labute approximate surface area is 205 Å². The van der Waals surface area contributed by atoms with Crippen LogP contribution in [0.5, 0.6) is 0 Å². The summed E-state index contributed by atoms with van der Waals surface area (Å²) in [4.78, 5) is 18.2. The highest BCUT2D eigenvalue weighted by Gasteiger charge is 2.29. The summed E-state index contributed by atoms with van der Waals surface area (Å²) in [5, 5.41) is 23.5. The van der Waals surface area contributed by atoms with Crippen molar-refractivity contribution in [3.05, 3.63) is 87.0 Å². The molecule has 0 aliphatic heterocycles. The van der Waals surface area contributed by atoms with Crippen molar-refractivity contribution in [3.63, 3.8) is 0 Å². The number of aromatic nitrogens is 5. The lowest BCUT2D eigenvalue weighted by Gasteiger charge is -2.33. The van der Waals surface area contributed by atoms with Gasteiger partial charge in [0, 0.05) is 25.2 Å². The van der Waals surface area contributed by atoms with Crippen LogP contribution in [-0.4, -0.2) is 48.3 Å². The number of aryl methyl sites for hydroxylation is 4. The third-order valence-electron chi connectivity index (χ3n) is 6.44. The number of nitrogens with one attached hydrogen (secondary N) is 1. The first kappa shape index (κ1) is 24.8. The molecule has 0 aliphatic carbocycles. The molecule has 35 heavy (non-hydrogen) atoms. The Morgan fingerprint density at radius 2 is 1.89 bits per heavy atom. The largest absolute Gasteiger partial charge is 0.395 e. The summed E-state index contributed by atoms with van der Waals surface area (Å²) in [7, 11) is 0. The quantitative estimate of drug-likeness (QED) is 0.365. The number of nitrogens with zero attached hydrogens (tertiary/aromatic N) is 5. The van der Waals surface area contributed by atoms with E-state index in [4.69, 9.17) is 0 Å². The van der Waals surface area contributed by atoms with Crippen LogP contribution >= 0.6 is 0 Å². The zero-order chi connectivity index (χ0) is 24.9. The fraction of sp³-hybridized carbons (Fsp3) is 0.407. The Balaban J connectivity index is 1.65. The summed E-state index contributed by atoms with van der Waals surface area (Å²) in [6.45, 7) is 9.69. The summed E-state index contributed by atoms with van der Waals surface area (Å²) in [5.74, 6) is 0.903. The number of hydrogen-bond donors (Lipinski definition) is 2. The maximum absolute atomic E-state index is 13.0.